The SMILES string of the molecule is CCc1cccnc1Cn1c(C)c(C(=O)O)c(C)cc1=O. The van der Waals surface area contributed by atoms with Crippen molar-refractivity contribution in [2.75, 3.05) is 0 Å². The molecule has 0 radical (unpaired) electrons. The predicted molar refractivity (Wildman–Crippen MR) is 79.9 cm³/mol. The minimum absolute atomic E-state index is 0.184. The van der Waals surface area contributed by atoms with Gasteiger partial charge in [-0.1, -0.05) is 13.0 Å². The van der Waals surface area contributed by atoms with Crippen LogP contribution in [0.2, 0.25) is 0 Å². The van der Waals surface area contributed by atoms with Gasteiger partial charge in [-0.15, -0.1) is 0 Å². The molecule has 110 valence electrons. The molecule has 2 rings (SSSR count). The monoisotopic (exact) mass is 286 g/mol. The lowest BCUT2D eigenvalue weighted by atomic mass is 10.1. The Morgan fingerprint density at radius 2 is 2.10 bits per heavy atom. The molecule has 0 unspecified atom stereocenters. The standard InChI is InChI=1S/C16H18N2O3/c1-4-12-6-5-7-17-13(12)9-18-11(3)15(16(20)21)10(2)8-14(18)19/h5-8H,4,9H2,1-3H3,(H,20,21). The molecule has 0 aliphatic heterocycles. The molecule has 0 aromatic carbocycles. The first-order valence-corrected chi connectivity index (χ1v) is 6.82. The van der Waals surface area contributed by atoms with Crippen molar-refractivity contribution in [1.82, 2.24) is 9.55 Å². The number of carboxylic acids is 1. The van der Waals surface area contributed by atoms with E-state index in [1.54, 1.807) is 20.0 Å². The van der Waals surface area contributed by atoms with Gasteiger partial charge in [0.05, 0.1) is 17.8 Å². The number of aromatic carboxylic acids is 1. The molecule has 0 saturated heterocycles. The summed E-state index contributed by atoms with van der Waals surface area (Å²) in [4.78, 5) is 27.8. The highest BCUT2D eigenvalue weighted by Gasteiger charge is 2.16. The Morgan fingerprint density at radius 3 is 2.71 bits per heavy atom. The first-order chi connectivity index (χ1) is 9.95. The maximum Gasteiger partial charge on any atom is 0.337 e. The van der Waals surface area contributed by atoms with Crippen LogP contribution in [0.5, 0.6) is 0 Å². The van der Waals surface area contributed by atoms with E-state index < -0.39 is 5.97 Å². The maximum absolute atomic E-state index is 12.2. The zero-order valence-corrected chi connectivity index (χ0v) is 12.4. The first kappa shape index (κ1) is 15.0. The minimum Gasteiger partial charge on any atom is -0.478 e. The Kier molecular flexibility index (Phi) is 4.21. The van der Waals surface area contributed by atoms with Crippen molar-refractivity contribution in [3.8, 4) is 0 Å². The van der Waals surface area contributed by atoms with Gasteiger partial charge >= 0.3 is 5.97 Å². The van der Waals surface area contributed by atoms with E-state index in [0.717, 1.165) is 17.7 Å². The van der Waals surface area contributed by atoms with Gasteiger partial charge in [0, 0.05) is 18.0 Å². The van der Waals surface area contributed by atoms with Gasteiger partial charge < -0.3 is 9.67 Å². The van der Waals surface area contributed by atoms with Crippen molar-refractivity contribution in [3.05, 3.63) is 62.8 Å². The van der Waals surface area contributed by atoms with Crippen LogP contribution >= 0.6 is 0 Å². The van der Waals surface area contributed by atoms with Crippen LogP contribution in [0.1, 0.15) is 39.8 Å². The van der Waals surface area contributed by atoms with E-state index in [4.69, 9.17) is 0 Å². The van der Waals surface area contributed by atoms with Gasteiger partial charge in [0.25, 0.3) is 5.56 Å². The fraction of sp³-hybridized carbons (Fsp3) is 0.312. The highest BCUT2D eigenvalue weighted by molar-refractivity contribution is 5.90. The van der Waals surface area contributed by atoms with Gasteiger partial charge in [-0.3, -0.25) is 9.78 Å². The van der Waals surface area contributed by atoms with Gasteiger partial charge in [-0.05, 0) is 37.5 Å². The van der Waals surface area contributed by atoms with Gasteiger partial charge in [-0.2, -0.15) is 0 Å². The summed E-state index contributed by atoms with van der Waals surface area (Å²) in [6.07, 6.45) is 2.50. The van der Waals surface area contributed by atoms with Crippen LogP contribution < -0.4 is 5.56 Å². The number of nitrogens with zero attached hydrogens (tertiary/aromatic N) is 2. The number of aryl methyl sites for hydroxylation is 2. The molecule has 0 aliphatic carbocycles. The van der Waals surface area contributed by atoms with Gasteiger partial charge in [0.1, 0.15) is 0 Å². The van der Waals surface area contributed by atoms with Gasteiger partial charge in [0.2, 0.25) is 0 Å². The molecule has 21 heavy (non-hydrogen) atoms. The molecule has 0 fully saturated rings. The van der Waals surface area contributed by atoms with Gasteiger partial charge in [-0.25, -0.2) is 4.79 Å². The molecule has 0 atom stereocenters. The van der Waals surface area contributed by atoms with E-state index in [2.05, 4.69) is 4.98 Å². The van der Waals surface area contributed by atoms with Crippen molar-refractivity contribution < 1.29 is 9.90 Å². The number of hydrogen-bond donors (Lipinski definition) is 1. The number of hydrogen-bond acceptors (Lipinski definition) is 3. The molecule has 2 heterocycles. The van der Waals surface area contributed by atoms with Gasteiger partial charge in [0.15, 0.2) is 0 Å². The lowest BCUT2D eigenvalue weighted by Crippen LogP contribution is -2.26. The summed E-state index contributed by atoms with van der Waals surface area (Å²) in [5.74, 6) is -1.02. The maximum atomic E-state index is 12.2. The van der Waals surface area contributed by atoms with E-state index in [-0.39, 0.29) is 17.7 Å². The molecule has 5 nitrogen and oxygen atoms in total. The van der Waals surface area contributed by atoms with Crippen molar-refractivity contribution in [2.45, 2.75) is 33.7 Å². The number of rotatable bonds is 4. The second-order valence-corrected chi connectivity index (χ2v) is 4.98. The zero-order chi connectivity index (χ0) is 15.6. The van der Waals surface area contributed by atoms with Crippen LogP contribution in [0.15, 0.2) is 29.2 Å². The largest absolute Gasteiger partial charge is 0.478 e. The summed E-state index contributed by atoms with van der Waals surface area (Å²) < 4.78 is 1.47. The molecule has 2 aromatic heterocycles. The highest BCUT2D eigenvalue weighted by atomic mass is 16.4. The van der Waals surface area contributed by atoms with Crippen LogP contribution in [0.25, 0.3) is 0 Å². The van der Waals surface area contributed by atoms with E-state index in [1.807, 2.05) is 19.1 Å². The number of carbonyl (C=O) groups is 1. The fourth-order valence-corrected chi connectivity index (χ4v) is 2.53. The summed E-state index contributed by atoms with van der Waals surface area (Å²) in [6, 6.07) is 5.19. The number of pyridine rings is 2. The molecule has 0 aliphatic rings. The van der Waals surface area contributed by atoms with E-state index in [9.17, 15) is 14.7 Å². The third kappa shape index (κ3) is 2.86. The fourth-order valence-electron chi connectivity index (χ4n) is 2.53. The average molecular weight is 286 g/mol. The molecule has 1 N–H and O–H groups in total. The summed E-state index contributed by atoms with van der Waals surface area (Å²) in [6.45, 7) is 5.61. The van der Waals surface area contributed by atoms with Crippen molar-refractivity contribution >= 4 is 5.97 Å². The third-order valence-electron chi connectivity index (χ3n) is 3.65. The number of carboxylic acid groups (broad SMARTS) is 1. The normalized spacial score (nSPS) is 10.6. The van der Waals surface area contributed by atoms with E-state index >= 15 is 0 Å². The van der Waals surface area contributed by atoms with Crippen LogP contribution in [-0.4, -0.2) is 20.6 Å². The summed E-state index contributed by atoms with van der Waals surface area (Å²) in [7, 11) is 0. The van der Waals surface area contributed by atoms with Crippen molar-refractivity contribution in [3.63, 3.8) is 0 Å². The minimum atomic E-state index is -1.02. The Labute approximate surface area is 122 Å². The Bertz CT molecular complexity index is 748. The summed E-state index contributed by atoms with van der Waals surface area (Å²) in [5, 5.41) is 9.30. The smallest absolute Gasteiger partial charge is 0.337 e. The summed E-state index contributed by atoms with van der Waals surface area (Å²) in [5.41, 5.74) is 2.77. The Balaban J connectivity index is 2.57. The average Bonchev–Trinajstić information content (AvgIpc) is 2.43. The van der Waals surface area contributed by atoms with E-state index in [1.165, 1.54) is 10.6 Å². The zero-order valence-electron chi connectivity index (χ0n) is 12.4. The highest BCUT2D eigenvalue weighted by Crippen LogP contribution is 2.14. The molecule has 0 amide bonds. The molecule has 0 saturated carbocycles. The lowest BCUT2D eigenvalue weighted by Gasteiger charge is -2.15. The predicted octanol–water partition coefficient (Wildman–Crippen LogP) is 2.17. The van der Waals surface area contributed by atoms with Crippen LogP contribution in [0.3, 0.4) is 0 Å². The second kappa shape index (κ2) is 5.91. The van der Waals surface area contributed by atoms with Crippen LogP contribution in [0, 0.1) is 13.8 Å². The van der Waals surface area contributed by atoms with Crippen molar-refractivity contribution in [1.29, 1.82) is 0 Å². The Morgan fingerprint density at radius 1 is 1.38 bits per heavy atom. The van der Waals surface area contributed by atoms with E-state index in [0.29, 0.717) is 11.3 Å². The molecule has 2 aromatic rings. The van der Waals surface area contributed by atoms with Crippen LogP contribution in [-0.2, 0) is 13.0 Å². The van der Waals surface area contributed by atoms with Crippen LogP contribution in [0.4, 0.5) is 0 Å². The molecular formula is C16H18N2O3. The number of aromatic nitrogens is 2. The molecule has 0 bridgehead atoms. The molecular weight excluding hydrogens is 268 g/mol. The molecule has 0 spiro atoms. The molecule has 5 heteroatoms. The Hall–Kier alpha value is -2.43. The summed E-state index contributed by atoms with van der Waals surface area (Å²) >= 11 is 0. The second-order valence-electron chi connectivity index (χ2n) is 4.98. The van der Waals surface area contributed by atoms with Crippen molar-refractivity contribution in [2.24, 2.45) is 0 Å². The topological polar surface area (TPSA) is 72.2 Å². The third-order valence-corrected chi connectivity index (χ3v) is 3.65. The quantitative estimate of drug-likeness (QED) is 0.935. The first-order valence-electron chi connectivity index (χ1n) is 6.82. The lowest BCUT2D eigenvalue weighted by molar-refractivity contribution is 0.0694.